The topological polar surface area (TPSA) is 41.1 Å². The van der Waals surface area contributed by atoms with E-state index < -0.39 is 0 Å². The van der Waals surface area contributed by atoms with Crippen LogP contribution in [0.4, 0.5) is 4.39 Å². The van der Waals surface area contributed by atoms with Crippen LogP contribution in [-0.4, -0.2) is 18.5 Å². The van der Waals surface area contributed by atoms with Gasteiger partial charge in [-0.05, 0) is 43.4 Å². The van der Waals surface area contributed by atoms with Crippen LogP contribution in [0.3, 0.4) is 0 Å². The summed E-state index contributed by atoms with van der Waals surface area (Å²) >= 11 is 0. The Bertz CT molecular complexity index is 433. The molecule has 0 spiro atoms. The molecule has 0 aliphatic heterocycles. The van der Waals surface area contributed by atoms with Crippen molar-refractivity contribution in [1.82, 2.24) is 10.6 Å². The van der Waals surface area contributed by atoms with Crippen LogP contribution in [0.5, 0.6) is 0 Å². The maximum Gasteiger partial charge on any atom is 0.234 e. The second kappa shape index (κ2) is 8.00. The van der Waals surface area contributed by atoms with Crippen LogP contribution in [-0.2, 0) is 11.3 Å². The van der Waals surface area contributed by atoms with Crippen molar-refractivity contribution in [3.63, 3.8) is 0 Å². The molecular weight excluding hydrogens is 255 g/mol. The van der Waals surface area contributed by atoms with Crippen molar-refractivity contribution in [1.29, 1.82) is 0 Å². The molecule has 2 N–H and O–H groups in total. The summed E-state index contributed by atoms with van der Waals surface area (Å²) in [4.78, 5) is 11.7. The Morgan fingerprint density at radius 1 is 1.20 bits per heavy atom. The number of aryl methyl sites for hydroxylation is 2. The van der Waals surface area contributed by atoms with Crippen LogP contribution in [0, 0.1) is 19.7 Å². The molecule has 112 valence electrons. The molecule has 0 aliphatic carbocycles. The zero-order valence-electron chi connectivity index (χ0n) is 12.8. The van der Waals surface area contributed by atoms with Crippen LogP contribution in [0.25, 0.3) is 0 Å². The van der Waals surface area contributed by atoms with Gasteiger partial charge in [0.2, 0.25) is 5.91 Å². The zero-order chi connectivity index (χ0) is 15.1. The summed E-state index contributed by atoms with van der Waals surface area (Å²) in [6.07, 6.45) is 1.89. The third-order valence-electron chi connectivity index (χ3n) is 3.46. The Balaban J connectivity index is 2.43. The minimum Gasteiger partial charge on any atom is -0.352 e. The summed E-state index contributed by atoms with van der Waals surface area (Å²) in [6.45, 7) is 8.49. The standard InChI is InChI=1S/C16H25FN2O/c1-5-14(6-2)19-15(20)10-18-9-13-7-11(3)16(17)12(4)8-13/h7-8,14,18H,5-6,9-10H2,1-4H3,(H,19,20). The van der Waals surface area contributed by atoms with Crippen molar-refractivity contribution in [3.05, 3.63) is 34.6 Å². The highest BCUT2D eigenvalue weighted by molar-refractivity contribution is 5.78. The van der Waals surface area contributed by atoms with Gasteiger partial charge in [-0.1, -0.05) is 26.0 Å². The van der Waals surface area contributed by atoms with E-state index in [2.05, 4.69) is 24.5 Å². The van der Waals surface area contributed by atoms with E-state index in [1.54, 1.807) is 13.8 Å². The van der Waals surface area contributed by atoms with Gasteiger partial charge in [0, 0.05) is 12.6 Å². The second-order valence-corrected chi connectivity index (χ2v) is 5.23. The lowest BCUT2D eigenvalue weighted by Crippen LogP contribution is -2.39. The lowest BCUT2D eigenvalue weighted by atomic mass is 10.1. The average molecular weight is 280 g/mol. The lowest BCUT2D eigenvalue weighted by Gasteiger charge is -2.15. The molecule has 0 saturated carbocycles. The fourth-order valence-electron chi connectivity index (χ4n) is 2.23. The maximum atomic E-state index is 13.5. The van der Waals surface area contributed by atoms with Crippen molar-refractivity contribution in [3.8, 4) is 0 Å². The monoisotopic (exact) mass is 280 g/mol. The summed E-state index contributed by atoms with van der Waals surface area (Å²) in [5.74, 6) is -0.144. The number of hydrogen-bond acceptors (Lipinski definition) is 2. The number of halogens is 1. The molecule has 1 amide bonds. The van der Waals surface area contributed by atoms with Gasteiger partial charge in [0.15, 0.2) is 0 Å². The highest BCUT2D eigenvalue weighted by Gasteiger charge is 2.08. The molecule has 1 aromatic carbocycles. The van der Waals surface area contributed by atoms with Gasteiger partial charge in [-0.2, -0.15) is 0 Å². The van der Waals surface area contributed by atoms with Crippen molar-refractivity contribution in [2.45, 2.75) is 53.1 Å². The highest BCUT2D eigenvalue weighted by Crippen LogP contribution is 2.14. The maximum absolute atomic E-state index is 13.5. The van der Waals surface area contributed by atoms with Crippen LogP contribution < -0.4 is 10.6 Å². The quantitative estimate of drug-likeness (QED) is 0.806. The molecule has 20 heavy (non-hydrogen) atoms. The fourth-order valence-corrected chi connectivity index (χ4v) is 2.23. The molecule has 0 fully saturated rings. The molecule has 0 atom stereocenters. The van der Waals surface area contributed by atoms with Crippen LogP contribution in [0.15, 0.2) is 12.1 Å². The van der Waals surface area contributed by atoms with Gasteiger partial charge in [0.25, 0.3) is 0 Å². The normalized spacial score (nSPS) is 10.9. The van der Waals surface area contributed by atoms with Gasteiger partial charge in [-0.15, -0.1) is 0 Å². The summed E-state index contributed by atoms with van der Waals surface area (Å²) < 4.78 is 13.5. The summed E-state index contributed by atoms with van der Waals surface area (Å²) in [5.41, 5.74) is 2.28. The number of rotatable bonds is 7. The molecule has 0 radical (unpaired) electrons. The van der Waals surface area contributed by atoms with E-state index in [0.717, 1.165) is 18.4 Å². The molecule has 1 aromatic rings. The van der Waals surface area contributed by atoms with E-state index in [0.29, 0.717) is 17.7 Å². The van der Waals surface area contributed by atoms with Gasteiger partial charge >= 0.3 is 0 Å². The predicted molar refractivity (Wildman–Crippen MR) is 80.1 cm³/mol. The first-order chi connectivity index (χ1) is 9.47. The first kappa shape index (κ1) is 16.6. The van der Waals surface area contributed by atoms with Crippen molar-refractivity contribution < 1.29 is 9.18 Å². The van der Waals surface area contributed by atoms with E-state index in [4.69, 9.17) is 0 Å². The van der Waals surface area contributed by atoms with E-state index in [1.807, 2.05) is 12.1 Å². The largest absolute Gasteiger partial charge is 0.352 e. The lowest BCUT2D eigenvalue weighted by molar-refractivity contribution is -0.121. The van der Waals surface area contributed by atoms with Crippen molar-refractivity contribution in [2.24, 2.45) is 0 Å². The number of benzene rings is 1. The smallest absolute Gasteiger partial charge is 0.234 e. The molecule has 0 aliphatic rings. The molecular formula is C16H25FN2O. The predicted octanol–water partition coefficient (Wildman–Crippen LogP) is 2.84. The molecule has 0 saturated heterocycles. The van der Waals surface area contributed by atoms with Crippen LogP contribution in [0.1, 0.15) is 43.4 Å². The summed E-state index contributed by atoms with van der Waals surface area (Å²) in [7, 11) is 0. The number of hydrogen-bond donors (Lipinski definition) is 2. The molecule has 0 bridgehead atoms. The Morgan fingerprint density at radius 3 is 2.25 bits per heavy atom. The number of nitrogens with one attached hydrogen (secondary N) is 2. The molecule has 0 aromatic heterocycles. The summed E-state index contributed by atoms with van der Waals surface area (Å²) in [5, 5.41) is 6.07. The van der Waals surface area contributed by atoms with Gasteiger partial charge in [0.1, 0.15) is 5.82 Å². The molecule has 4 heteroatoms. The number of amides is 1. The van der Waals surface area contributed by atoms with Gasteiger partial charge in [-0.25, -0.2) is 4.39 Å². The molecule has 0 unspecified atom stereocenters. The number of carbonyl (C=O) groups excluding carboxylic acids is 1. The minimum absolute atomic E-state index is 0.00857. The minimum atomic E-state index is -0.153. The average Bonchev–Trinajstić information content (AvgIpc) is 2.42. The molecule has 3 nitrogen and oxygen atoms in total. The fraction of sp³-hybridized carbons (Fsp3) is 0.562. The Labute approximate surface area is 121 Å². The Morgan fingerprint density at radius 2 is 1.75 bits per heavy atom. The third kappa shape index (κ3) is 4.93. The van der Waals surface area contributed by atoms with Crippen molar-refractivity contribution >= 4 is 5.91 Å². The third-order valence-corrected chi connectivity index (χ3v) is 3.46. The van der Waals surface area contributed by atoms with Gasteiger partial charge < -0.3 is 10.6 Å². The molecule has 1 rings (SSSR count). The van der Waals surface area contributed by atoms with E-state index in [-0.39, 0.29) is 24.3 Å². The Kier molecular flexibility index (Phi) is 6.65. The SMILES string of the molecule is CCC(CC)NC(=O)CNCc1cc(C)c(F)c(C)c1. The molecule has 0 heterocycles. The highest BCUT2D eigenvalue weighted by atomic mass is 19.1. The van der Waals surface area contributed by atoms with Crippen molar-refractivity contribution in [2.75, 3.05) is 6.54 Å². The van der Waals surface area contributed by atoms with Crippen LogP contribution in [0.2, 0.25) is 0 Å². The van der Waals surface area contributed by atoms with Gasteiger partial charge in [-0.3, -0.25) is 4.79 Å². The first-order valence-electron chi connectivity index (χ1n) is 7.23. The zero-order valence-corrected chi connectivity index (χ0v) is 12.8. The van der Waals surface area contributed by atoms with E-state index in [9.17, 15) is 9.18 Å². The number of carbonyl (C=O) groups is 1. The van der Waals surface area contributed by atoms with Crippen LogP contribution >= 0.6 is 0 Å². The van der Waals surface area contributed by atoms with E-state index in [1.165, 1.54) is 0 Å². The Hall–Kier alpha value is -1.42. The second-order valence-electron chi connectivity index (χ2n) is 5.23. The van der Waals surface area contributed by atoms with E-state index >= 15 is 0 Å². The summed E-state index contributed by atoms with van der Waals surface area (Å²) in [6, 6.07) is 3.88. The van der Waals surface area contributed by atoms with Gasteiger partial charge in [0.05, 0.1) is 6.54 Å². The first-order valence-corrected chi connectivity index (χ1v) is 7.23.